The van der Waals surface area contributed by atoms with Crippen LogP contribution in [0, 0.1) is 17.8 Å². The molecule has 36 heavy (non-hydrogen) atoms. The van der Waals surface area contributed by atoms with Crippen LogP contribution in [0.3, 0.4) is 0 Å². The molecule has 3 aromatic carbocycles. The molecular weight excluding hydrogens is 448 g/mol. The summed E-state index contributed by atoms with van der Waals surface area (Å²) in [5.41, 5.74) is 2.74. The molecule has 5 rings (SSSR count). The molecule has 1 N–H and O–H groups in total. The third-order valence-corrected chi connectivity index (χ3v) is 8.20. The molecule has 3 aromatic rings. The summed E-state index contributed by atoms with van der Waals surface area (Å²) in [5.74, 6) is -0.803. The van der Waals surface area contributed by atoms with Crippen LogP contribution in [-0.2, 0) is 20.4 Å². The van der Waals surface area contributed by atoms with Gasteiger partial charge in [-0.3, -0.25) is 0 Å². The molecule has 0 aromatic heterocycles. The number of aliphatic carboxylic acids is 1. The lowest BCUT2D eigenvalue weighted by molar-refractivity contribution is -0.135. The Morgan fingerprint density at radius 1 is 0.889 bits per heavy atom. The molecule has 3 atom stereocenters. The minimum Gasteiger partial charge on any atom is -0.478 e. The number of carbonyl (C=O) groups is 2. The van der Waals surface area contributed by atoms with Crippen LogP contribution < -0.4 is 4.74 Å². The van der Waals surface area contributed by atoms with Gasteiger partial charge in [0.15, 0.2) is 0 Å². The summed E-state index contributed by atoms with van der Waals surface area (Å²) in [5, 5.41) is 13.8. The number of carbonyl (C=O) groups excluding carboxylic acids is 1. The summed E-state index contributed by atoms with van der Waals surface area (Å²) in [6.45, 7) is 15.1. The summed E-state index contributed by atoms with van der Waals surface area (Å²) in [4.78, 5) is 25.9. The summed E-state index contributed by atoms with van der Waals surface area (Å²) in [6.07, 6.45) is 1.57. The first-order chi connectivity index (χ1) is 16.8. The number of carboxylic acid groups (broad SMARTS) is 1. The van der Waals surface area contributed by atoms with Crippen LogP contribution in [0.25, 0.3) is 21.5 Å². The first kappa shape index (κ1) is 24.5. The highest BCUT2D eigenvalue weighted by Gasteiger charge is 2.49. The van der Waals surface area contributed by atoms with E-state index in [0.717, 1.165) is 39.9 Å². The number of hydrogen-bond acceptors (Lipinski definition) is 3. The van der Waals surface area contributed by atoms with Crippen LogP contribution in [0.5, 0.6) is 5.75 Å². The van der Waals surface area contributed by atoms with Crippen molar-refractivity contribution < 1.29 is 19.4 Å². The van der Waals surface area contributed by atoms with Crippen molar-refractivity contribution in [3.05, 3.63) is 64.7 Å². The monoisotopic (exact) mass is 484 g/mol. The maximum atomic E-state index is 13.8. The van der Waals surface area contributed by atoms with Gasteiger partial charge in [0.05, 0.1) is 11.1 Å². The van der Waals surface area contributed by atoms with E-state index in [1.54, 1.807) is 0 Å². The fraction of sp³-hybridized carbons (Fsp3) is 0.438. The largest absolute Gasteiger partial charge is 0.478 e. The average Bonchev–Trinajstić information content (AvgIpc) is 3.34. The molecule has 1 saturated carbocycles. The van der Waals surface area contributed by atoms with Gasteiger partial charge >= 0.3 is 11.9 Å². The van der Waals surface area contributed by atoms with Crippen molar-refractivity contribution >= 4 is 33.5 Å². The fourth-order valence-corrected chi connectivity index (χ4v) is 6.34. The van der Waals surface area contributed by atoms with Crippen molar-refractivity contribution in [2.45, 2.75) is 72.1 Å². The summed E-state index contributed by atoms with van der Waals surface area (Å²) in [6, 6.07) is 14.7. The Hall–Kier alpha value is -3.14. The number of hydrogen-bond donors (Lipinski definition) is 1. The van der Waals surface area contributed by atoms with Gasteiger partial charge in [0.1, 0.15) is 5.75 Å². The predicted octanol–water partition coefficient (Wildman–Crippen LogP) is 7.55. The molecule has 0 saturated heterocycles. The SMILES string of the molecule is CC1CC2CC1C(C(=O)O)=C2C(=O)Oc1c2ccc(C(C)(C)C)cc2cc2cccc(C(C)(C)C)c12. The molecule has 0 amide bonds. The van der Waals surface area contributed by atoms with Crippen molar-refractivity contribution in [3.63, 3.8) is 0 Å². The molecule has 4 nitrogen and oxygen atoms in total. The number of esters is 1. The van der Waals surface area contributed by atoms with Gasteiger partial charge in [-0.25, -0.2) is 9.59 Å². The third-order valence-electron chi connectivity index (χ3n) is 8.20. The molecule has 4 heteroatoms. The minimum atomic E-state index is -0.992. The molecule has 2 aliphatic carbocycles. The lowest BCUT2D eigenvalue weighted by Gasteiger charge is -2.25. The first-order valence-electron chi connectivity index (χ1n) is 13.0. The molecule has 3 unspecified atom stereocenters. The maximum absolute atomic E-state index is 13.8. The van der Waals surface area contributed by atoms with E-state index in [-0.39, 0.29) is 34.2 Å². The molecule has 2 aliphatic rings. The molecule has 0 heterocycles. The highest BCUT2D eigenvalue weighted by Crippen LogP contribution is 2.52. The zero-order chi connectivity index (χ0) is 26.2. The second kappa shape index (κ2) is 8.19. The van der Waals surface area contributed by atoms with E-state index in [0.29, 0.717) is 11.3 Å². The zero-order valence-corrected chi connectivity index (χ0v) is 22.4. The normalized spacial score (nSPS) is 22.0. The molecule has 2 bridgehead atoms. The van der Waals surface area contributed by atoms with E-state index in [1.807, 2.05) is 6.07 Å². The number of rotatable bonds is 3. The predicted molar refractivity (Wildman–Crippen MR) is 145 cm³/mol. The van der Waals surface area contributed by atoms with Gasteiger partial charge in [0.25, 0.3) is 0 Å². The first-order valence-corrected chi connectivity index (χ1v) is 13.0. The van der Waals surface area contributed by atoms with Gasteiger partial charge in [-0.2, -0.15) is 0 Å². The van der Waals surface area contributed by atoms with Gasteiger partial charge in [-0.15, -0.1) is 0 Å². The topological polar surface area (TPSA) is 63.6 Å². The Balaban J connectivity index is 1.75. The van der Waals surface area contributed by atoms with Gasteiger partial charge in [-0.1, -0.05) is 84.9 Å². The molecule has 188 valence electrons. The van der Waals surface area contributed by atoms with E-state index >= 15 is 0 Å². The highest BCUT2D eigenvalue weighted by molar-refractivity contribution is 6.10. The van der Waals surface area contributed by atoms with Crippen LogP contribution in [0.1, 0.15) is 72.4 Å². The number of benzene rings is 3. The van der Waals surface area contributed by atoms with Crippen molar-refractivity contribution in [1.82, 2.24) is 0 Å². The van der Waals surface area contributed by atoms with Gasteiger partial charge in [0.2, 0.25) is 0 Å². The smallest absolute Gasteiger partial charge is 0.340 e. The Bertz CT molecular complexity index is 1440. The van der Waals surface area contributed by atoms with Crippen LogP contribution in [0.2, 0.25) is 0 Å². The second-order valence-corrected chi connectivity index (χ2v) is 12.8. The summed E-state index contributed by atoms with van der Waals surface area (Å²) < 4.78 is 6.29. The molecule has 0 spiro atoms. The molecule has 1 fully saturated rings. The van der Waals surface area contributed by atoms with E-state index in [2.05, 4.69) is 84.9 Å². The fourth-order valence-electron chi connectivity index (χ4n) is 6.34. The highest BCUT2D eigenvalue weighted by atomic mass is 16.5. The van der Waals surface area contributed by atoms with Gasteiger partial charge in [0, 0.05) is 10.8 Å². The van der Waals surface area contributed by atoms with E-state index in [9.17, 15) is 14.7 Å². The maximum Gasteiger partial charge on any atom is 0.340 e. The molecular formula is C32H36O4. The zero-order valence-electron chi connectivity index (χ0n) is 22.4. The number of fused-ring (bicyclic) bond motifs is 4. The Labute approximate surface area is 213 Å². The molecule has 0 radical (unpaired) electrons. The standard InChI is InChI=1S/C32H36O4/c1-17-13-20-16-23(17)27(29(33)34)26(20)30(35)36-28-22-12-11-21(31(2,3)4)15-19(22)14-18-9-8-10-24(25(18)28)32(5,6)7/h8-12,14-15,17,20,23H,13,16H2,1-7H3,(H,33,34). The van der Waals surface area contributed by atoms with Gasteiger partial charge < -0.3 is 9.84 Å². The van der Waals surface area contributed by atoms with Crippen molar-refractivity contribution in [2.75, 3.05) is 0 Å². The van der Waals surface area contributed by atoms with E-state index in [1.165, 1.54) is 5.56 Å². The second-order valence-electron chi connectivity index (χ2n) is 12.8. The van der Waals surface area contributed by atoms with Crippen molar-refractivity contribution in [1.29, 1.82) is 0 Å². The van der Waals surface area contributed by atoms with Crippen molar-refractivity contribution in [2.24, 2.45) is 17.8 Å². The lowest BCUT2D eigenvalue weighted by atomic mass is 9.81. The quantitative estimate of drug-likeness (QED) is 0.237. The van der Waals surface area contributed by atoms with Crippen LogP contribution >= 0.6 is 0 Å². The van der Waals surface area contributed by atoms with Crippen LogP contribution in [0.4, 0.5) is 0 Å². The Morgan fingerprint density at radius 3 is 2.25 bits per heavy atom. The van der Waals surface area contributed by atoms with Gasteiger partial charge in [-0.05, 0) is 69.4 Å². The number of ether oxygens (including phenoxy) is 1. The molecule has 0 aliphatic heterocycles. The summed E-state index contributed by atoms with van der Waals surface area (Å²) in [7, 11) is 0. The van der Waals surface area contributed by atoms with Crippen LogP contribution in [-0.4, -0.2) is 17.0 Å². The average molecular weight is 485 g/mol. The van der Waals surface area contributed by atoms with E-state index in [4.69, 9.17) is 4.74 Å². The summed E-state index contributed by atoms with van der Waals surface area (Å²) >= 11 is 0. The lowest BCUT2D eigenvalue weighted by Crippen LogP contribution is -2.24. The Kier molecular flexibility index (Phi) is 5.59. The van der Waals surface area contributed by atoms with E-state index < -0.39 is 11.9 Å². The van der Waals surface area contributed by atoms with Crippen molar-refractivity contribution in [3.8, 4) is 5.75 Å². The number of carboxylic acids is 1. The third kappa shape index (κ3) is 3.91. The van der Waals surface area contributed by atoms with Crippen LogP contribution in [0.15, 0.2) is 53.6 Å². The Morgan fingerprint density at radius 2 is 1.61 bits per heavy atom. The minimum absolute atomic E-state index is 0.0196.